The fraction of sp³-hybridized carbons (Fsp3) is 0.364. The topological polar surface area (TPSA) is 28.7 Å². The number of nitrogens with one attached hydrogen (secondary N) is 1. The van der Waals surface area contributed by atoms with Crippen molar-refractivity contribution >= 4 is 11.0 Å². The lowest BCUT2D eigenvalue weighted by molar-refractivity contribution is 0.650. The first-order valence-electron chi connectivity index (χ1n) is 4.68. The van der Waals surface area contributed by atoms with Crippen LogP contribution in [0.25, 0.3) is 11.0 Å². The summed E-state index contributed by atoms with van der Waals surface area (Å²) in [5, 5.41) is 1.26. The van der Waals surface area contributed by atoms with Crippen LogP contribution in [0.2, 0.25) is 0 Å². The fourth-order valence-electron chi connectivity index (χ4n) is 1.62. The third kappa shape index (κ3) is 1.57. The molecule has 0 fully saturated rings. The van der Waals surface area contributed by atoms with Gasteiger partial charge in [-0.3, -0.25) is 0 Å². The van der Waals surface area contributed by atoms with Crippen LogP contribution in [0.3, 0.4) is 0 Å². The minimum Gasteiger partial charge on any atom is -0.346 e. The number of nitrogens with zero attached hydrogens (tertiary/aromatic N) is 1. The van der Waals surface area contributed by atoms with E-state index in [9.17, 15) is 0 Å². The lowest BCUT2D eigenvalue weighted by Crippen LogP contribution is -1.92. The third-order valence-corrected chi connectivity index (χ3v) is 2.16. The van der Waals surface area contributed by atoms with E-state index < -0.39 is 0 Å². The van der Waals surface area contributed by atoms with Gasteiger partial charge in [0.1, 0.15) is 5.65 Å². The summed E-state index contributed by atoms with van der Waals surface area (Å²) in [5.74, 6) is 0.694. The number of rotatable bonds is 2. The highest BCUT2D eigenvalue weighted by Crippen LogP contribution is 2.18. The summed E-state index contributed by atoms with van der Waals surface area (Å²) in [6.45, 7) is 4.46. The molecule has 2 nitrogen and oxygen atoms in total. The highest BCUT2D eigenvalue weighted by molar-refractivity contribution is 5.79. The van der Waals surface area contributed by atoms with Crippen LogP contribution in [0.5, 0.6) is 0 Å². The van der Waals surface area contributed by atoms with Crippen molar-refractivity contribution in [2.24, 2.45) is 5.92 Å². The van der Waals surface area contributed by atoms with Gasteiger partial charge in [0, 0.05) is 17.8 Å². The number of hydrogen-bond donors (Lipinski definition) is 1. The summed E-state index contributed by atoms with van der Waals surface area (Å²) in [7, 11) is 0. The summed E-state index contributed by atoms with van der Waals surface area (Å²) >= 11 is 0. The standard InChI is InChI=1S/C11H14N2/c1-8(2)6-9-7-13-11-10(9)4-3-5-12-11/h3-5,7-8H,6H2,1-2H3,(H,12,13). The van der Waals surface area contributed by atoms with E-state index in [2.05, 4.69) is 36.1 Å². The van der Waals surface area contributed by atoms with Crippen molar-refractivity contribution in [2.45, 2.75) is 20.3 Å². The maximum atomic E-state index is 4.25. The third-order valence-electron chi connectivity index (χ3n) is 2.16. The van der Waals surface area contributed by atoms with E-state index in [1.807, 2.05) is 12.3 Å². The normalized spacial score (nSPS) is 11.3. The number of aromatic nitrogens is 2. The Bertz CT molecular complexity index is 401. The van der Waals surface area contributed by atoms with Crippen molar-refractivity contribution in [3.63, 3.8) is 0 Å². The van der Waals surface area contributed by atoms with E-state index in [0.29, 0.717) is 5.92 Å². The van der Waals surface area contributed by atoms with Crippen molar-refractivity contribution in [3.8, 4) is 0 Å². The van der Waals surface area contributed by atoms with Gasteiger partial charge in [-0.15, -0.1) is 0 Å². The van der Waals surface area contributed by atoms with Gasteiger partial charge < -0.3 is 4.98 Å². The fourth-order valence-corrected chi connectivity index (χ4v) is 1.62. The Morgan fingerprint density at radius 2 is 2.31 bits per heavy atom. The predicted molar refractivity (Wildman–Crippen MR) is 54.6 cm³/mol. The van der Waals surface area contributed by atoms with Crippen molar-refractivity contribution < 1.29 is 0 Å². The summed E-state index contributed by atoms with van der Waals surface area (Å²) in [6.07, 6.45) is 5.00. The molecule has 0 aliphatic heterocycles. The summed E-state index contributed by atoms with van der Waals surface area (Å²) in [6, 6.07) is 4.11. The Hall–Kier alpha value is -1.31. The number of aromatic amines is 1. The largest absolute Gasteiger partial charge is 0.346 e. The SMILES string of the molecule is CC(C)Cc1c[nH]c2ncccc12. The van der Waals surface area contributed by atoms with Gasteiger partial charge in [0.2, 0.25) is 0 Å². The van der Waals surface area contributed by atoms with Gasteiger partial charge in [-0.05, 0) is 30.0 Å². The number of hydrogen-bond acceptors (Lipinski definition) is 1. The Morgan fingerprint density at radius 1 is 1.46 bits per heavy atom. The zero-order chi connectivity index (χ0) is 9.26. The van der Waals surface area contributed by atoms with E-state index in [1.165, 1.54) is 10.9 Å². The van der Waals surface area contributed by atoms with Gasteiger partial charge >= 0.3 is 0 Å². The van der Waals surface area contributed by atoms with E-state index in [1.54, 1.807) is 0 Å². The number of pyridine rings is 1. The smallest absolute Gasteiger partial charge is 0.137 e. The van der Waals surface area contributed by atoms with Crippen LogP contribution >= 0.6 is 0 Å². The Labute approximate surface area is 78.0 Å². The highest BCUT2D eigenvalue weighted by Gasteiger charge is 2.04. The van der Waals surface area contributed by atoms with Crippen LogP contribution < -0.4 is 0 Å². The van der Waals surface area contributed by atoms with Gasteiger partial charge in [0.15, 0.2) is 0 Å². The molecule has 68 valence electrons. The summed E-state index contributed by atoms with van der Waals surface area (Å²) < 4.78 is 0. The van der Waals surface area contributed by atoms with Crippen molar-refractivity contribution in [1.29, 1.82) is 0 Å². The second-order valence-electron chi connectivity index (χ2n) is 3.81. The Kier molecular flexibility index (Phi) is 2.05. The van der Waals surface area contributed by atoms with Crippen LogP contribution in [-0.4, -0.2) is 9.97 Å². The molecule has 0 saturated carbocycles. The second kappa shape index (κ2) is 3.21. The molecule has 0 radical (unpaired) electrons. The molecule has 0 spiro atoms. The van der Waals surface area contributed by atoms with Gasteiger partial charge in [-0.25, -0.2) is 4.98 Å². The van der Waals surface area contributed by atoms with Gasteiger partial charge in [0.25, 0.3) is 0 Å². The molecule has 2 heteroatoms. The van der Waals surface area contributed by atoms with Crippen LogP contribution in [0.15, 0.2) is 24.5 Å². The van der Waals surface area contributed by atoms with Crippen LogP contribution in [-0.2, 0) is 6.42 Å². The lowest BCUT2D eigenvalue weighted by atomic mass is 10.0. The Morgan fingerprint density at radius 3 is 3.08 bits per heavy atom. The second-order valence-corrected chi connectivity index (χ2v) is 3.81. The molecule has 0 amide bonds. The molecule has 0 bridgehead atoms. The average Bonchev–Trinajstić information content (AvgIpc) is 2.48. The molecular weight excluding hydrogens is 160 g/mol. The average molecular weight is 174 g/mol. The highest BCUT2D eigenvalue weighted by atomic mass is 14.8. The quantitative estimate of drug-likeness (QED) is 0.745. The molecule has 0 atom stereocenters. The molecule has 0 aromatic carbocycles. The molecule has 2 rings (SSSR count). The van der Waals surface area contributed by atoms with Crippen LogP contribution in [0.1, 0.15) is 19.4 Å². The molecule has 2 heterocycles. The molecular formula is C11H14N2. The predicted octanol–water partition coefficient (Wildman–Crippen LogP) is 2.76. The zero-order valence-corrected chi connectivity index (χ0v) is 8.04. The van der Waals surface area contributed by atoms with Gasteiger partial charge in [-0.2, -0.15) is 0 Å². The monoisotopic (exact) mass is 174 g/mol. The van der Waals surface area contributed by atoms with Gasteiger partial charge in [-0.1, -0.05) is 13.8 Å². The van der Waals surface area contributed by atoms with Crippen molar-refractivity contribution in [1.82, 2.24) is 9.97 Å². The molecule has 2 aromatic heterocycles. The first-order valence-corrected chi connectivity index (χ1v) is 4.68. The molecule has 0 aliphatic rings. The Balaban J connectivity index is 2.46. The van der Waals surface area contributed by atoms with E-state index in [4.69, 9.17) is 0 Å². The van der Waals surface area contributed by atoms with E-state index in [0.717, 1.165) is 12.1 Å². The zero-order valence-electron chi connectivity index (χ0n) is 8.04. The van der Waals surface area contributed by atoms with Crippen LogP contribution in [0.4, 0.5) is 0 Å². The van der Waals surface area contributed by atoms with E-state index in [-0.39, 0.29) is 0 Å². The molecule has 2 aromatic rings. The van der Waals surface area contributed by atoms with Crippen LogP contribution in [0, 0.1) is 5.92 Å². The van der Waals surface area contributed by atoms with Crippen molar-refractivity contribution in [3.05, 3.63) is 30.1 Å². The van der Waals surface area contributed by atoms with Crippen molar-refractivity contribution in [2.75, 3.05) is 0 Å². The molecule has 13 heavy (non-hydrogen) atoms. The summed E-state index contributed by atoms with van der Waals surface area (Å²) in [4.78, 5) is 7.44. The number of H-pyrrole nitrogens is 1. The van der Waals surface area contributed by atoms with Gasteiger partial charge in [0.05, 0.1) is 0 Å². The molecule has 0 saturated heterocycles. The van der Waals surface area contributed by atoms with E-state index >= 15 is 0 Å². The molecule has 0 aliphatic carbocycles. The first kappa shape index (κ1) is 8.30. The molecule has 0 unspecified atom stereocenters. The first-order chi connectivity index (χ1) is 6.27. The molecule has 1 N–H and O–H groups in total. The summed E-state index contributed by atoms with van der Waals surface area (Å²) in [5.41, 5.74) is 2.37. The minimum absolute atomic E-state index is 0.694. The lowest BCUT2D eigenvalue weighted by Gasteiger charge is -2.01. The maximum absolute atomic E-state index is 4.25. The number of fused-ring (bicyclic) bond motifs is 1. The maximum Gasteiger partial charge on any atom is 0.137 e. The minimum atomic E-state index is 0.694.